The van der Waals surface area contributed by atoms with Gasteiger partial charge < -0.3 is 35.0 Å². The Labute approximate surface area is 162 Å². The minimum atomic E-state index is -1.43. The third-order valence-corrected chi connectivity index (χ3v) is 8.72. The highest BCUT2D eigenvalue weighted by atomic mass is 16.8. The molecule has 0 amide bonds. The molecule has 0 radical (unpaired) electrons. The number of rotatable bonds is 1. The van der Waals surface area contributed by atoms with Crippen LogP contribution in [0.3, 0.4) is 0 Å². The van der Waals surface area contributed by atoms with Gasteiger partial charge in [-0.25, -0.2) is 0 Å². The fourth-order valence-electron chi connectivity index (χ4n) is 7.57. The molecule has 5 N–H and O–H groups in total. The van der Waals surface area contributed by atoms with E-state index in [1.54, 1.807) is 0 Å². The Morgan fingerprint density at radius 1 is 1.21 bits per heavy atom. The summed E-state index contributed by atoms with van der Waals surface area (Å²) in [6.45, 7) is 5.51. The highest BCUT2D eigenvalue weighted by Gasteiger charge is 2.82. The molecular weight excluding hydrogens is 368 g/mol. The summed E-state index contributed by atoms with van der Waals surface area (Å²) in [6, 6.07) is 0. The summed E-state index contributed by atoms with van der Waals surface area (Å²) in [4.78, 5) is 13.1. The molecular formula is C20H28O8. The molecule has 2 heterocycles. The Kier molecular flexibility index (Phi) is 3.77. The van der Waals surface area contributed by atoms with Gasteiger partial charge >= 0.3 is 5.97 Å². The molecule has 2 saturated heterocycles. The molecule has 3 aliphatic carbocycles. The van der Waals surface area contributed by atoms with E-state index >= 15 is 0 Å². The van der Waals surface area contributed by atoms with Gasteiger partial charge in [-0.05, 0) is 42.6 Å². The predicted molar refractivity (Wildman–Crippen MR) is 93.1 cm³/mol. The molecule has 2 spiro atoms. The molecule has 0 aromatic heterocycles. The minimum absolute atomic E-state index is 0.211. The number of hydrogen-bond acceptors (Lipinski definition) is 8. The fourth-order valence-corrected chi connectivity index (χ4v) is 7.57. The van der Waals surface area contributed by atoms with Gasteiger partial charge in [0.2, 0.25) is 6.29 Å². The SMILES string of the molecule is C=C1[C@@H]2C[C@H](O)[C@@H]3[C@](C2)(C(=O)OC2O[C@H](O)[C@@H]4[C@@](C)(CO)CC[C@H](O)[C@]243)[C@@H]1O. The zero-order valence-corrected chi connectivity index (χ0v) is 15.8. The first-order valence-corrected chi connectivity index (χ1v) is 10.0. The summed E-state index contributed by atoms with van der Waals surface area (Å²) in [7, 11) is 0. The van der Waals surface area contributed by atoms with Crippen LogP contribution in [-0.2, 0) is 14.3 Å². The quantitative estimate of drug-likeness (QED) is 0.289. The van der Waals surface area contributed by atoms with E-state index in [0.29, 0.717) is 24.8 Å². The van der Waals surface area contributed by atoms with E-state index in [0.717, 1.165) is 0 Å². The van der Waals surface area contributed by atoms with Crippen molar-refractivity contribution < 1.29 is 39.8 Å². The largest absolute Gasteiger partial charge is 0.434 e. The molecule has 5 aliphatic rings. The lowest BCUT2D eigenvalue weighted by Crippen LogP contribution is -2.72. The monoisotopic (exact) mass is 396 g/mol. The molecule has 156 valence electrons. The average Bonchev–Trinajstić information content (AvgIpc) is 3.06. The van der Waals surface area contributed by atoms with E-state index in [-0.39, 0.29) is 18.9 Å². The van der Waals surface area contributed by atoms with Crippen LogP contribution in [-0.4, -0.2) is 69.0 Å². The van der Waals surface area contributed by atoms with Crippen molar-refractivity contribution >= 4 is 5.97 Å². The standard InChI is InChI=1S/C20H28O8/c1-8-9-5-10(22)12-19(6-9,14(8)24)16(26)28-17-20(12)11(23)3-4-18(2,7-21)13(20)15(25)27-17/h9-15,17,21-25H,1,3-7H2,2H3/t9-,10+,11+,12-,13-,14-,15+,17?,18-,19+,20-/m1/s1. The molecule has 0 aromatic carbocycles. The molecule has 5 fully saturated rings. The number of fused-ring (bicyclic) bond motifs is 1. The van der Waals surface area contributed by atoms with Crippen molar-refractivity contribution in [1.29, 1.82) is 0 Å². The normalized spacial score (nSPS) is 60.1. The van der Waals surface area contributed by atoms with Crippen LogP contribution in [0, 0.1) is 34.0 Å². The minimum Gasteiger partial charge on any atom is -0.434 e. The third kappa shape index (κ3) is 1.81. The number of aliphatic hydroxyl groups is 5. The highest BCUT2D eigenvalue weighted by Crippen LogP contribution is 2.73. The average molecular weight is 396 g/mol. The van der Waals surface area contributed by atoms with Gasteiger partial charge in [0, 0.05) is 18.4 Å². The highest BCUT2D eigenvalue weighted by molar-refractivity contribution is 5.82. The van der Waals surface area contributed by atoms with Crippen LogP contribution in [0.1, 0.15) is 32.6 Å². The van der Waals surface area contributed by atoms with Crippen LogP contribution >= 0.6 is 0 Å². The van der Waals surface area contributed by atoms with Crippen LogP contribution in [0.5, 0.6) is 0 Å². The second-order valence-corrected chi connectivity index (χ2v) is 9.81. The first-order valence-electron chi connectivity index (χ1n) is 10.0. The maximum atomic E-state index is 13.1. The number of carbonyl (C=O) groups excluding carboxylic acids is 1. The molecule has 5 rings (SSSR count). The zero-order chi connectivity index (χ0) is 20.2. The van der Waals surface area contributed by atoms with Gasteiger partial charge in [-0.1, -0.05) is 13.5 Å². The summed E-state index contributed by atoms with van der Waals surface area (Å²) in [5, 5.41) is 54.4. The molecule has 28 heavy (non-hydrogen) atoms. The van der Waals surface area contributed by atoms with Crippen LogP contribution in [0.15, 0.2) is 12.2 Å². The van der Waals surface area contributed by atoms with Gasteiger partial charge in [-0.3, -0.25) is 4.79 Å². The Bertz CT molecular complexity index is 740. The van der Waals surface area contributed by atoms with Crippen LogP contribution in [0.4, 0.5) is 0 Å². The van der Waals surface area contributed by atoms with Gasteiger partial charge in [-0.15, -0.1) is 0 Å². The molecule has 3 saturated carbocycles. The molecule has 8 heteroatoms. The Hall–Kier alpha value is -1.03. The molecule has 11 atom stereocenters. The molecule has 0 aromatic rings. The number of esters is 1. The fraction of sp³-hybridized carbons (Fsp3) is 0.850. The second-order valence-electron chi connectivity index (χ2n) is 9.81. The van der Waals surface area contributed by atoms with E-state index in [1.807, 2.05) is 6.92 Å². The predicted octanol–water partition coefficient (Wildman–Crippen LogP) is -0.722. The Morgan fingerprint density at radius 3 is 2.61 bits per heavy atom. The van der Waals surface area contributed by atoms with E-state index in [9.17, 15) is 30.3 Å². The molecule has 2 aliphatic heterocycles. The Morgan fingerprint density at radius 2 is 1.93 bits per heavy atom. The van der Waals surface area contributed by atoms with E-state index in [1.165, 1.54) is 0 Å². The molecule has 8 nitrogen and oxygen atoms in total. The van der Waals surface area contributed by atoms with Crippen molar-refractivity contribution in [2.75, 3.05) is 6.61 Å². The van der Waals surface area contributed by atoms with Crippen molar-refractivity contribution in [3.63, 3.8) is 0 Å². The van der Waals surface area contributed by atoms with E-state index in [2.05, 4.69) is 6.58 Å². The lowest BCUT2D eigenvalue weighted by molar-refractivity contribution is -0.303. The first kappa shape index (κ1) is 19.0. The van der Waals surface area contributed by atoms with Gasteiger partial charge in [0.05, 0.1) is 23.7 Å². The van der Waals surface area contributed by atoms with Crippen molar-refractivity contribution in [2.24, 2.45) is 34.0 Å². The summed E-state index contributed by atoms with van der Waals surface area (Å²) in [5.41, 5.74) is -3.05. The van der Waals surface area contributed by atoms with Crippen LogP contribution in [0.2, 0.25) is 0 Å². The topological polar surface area (TPSA) is 137 Å². The smallest absolute Gasteiger partial charge is 0.317 e. The summed E-state index contributed by atoms with van der Waals surface area (Å²) >= 11 is 0. The maximum absolute atomic E-state index is 13.1. The number of ether oxygens (including phenoxy) is 2. The van der Waals surface area contributed by atoms with Gasteiger partial charge in [0.15, 0.2) is 6.29 Å². The number of aliphatic hydroxyl groups excluding tert-OH is 5. The van der Waals surface area contributed by atoms with Crippen LogP contribution in [0.25, 0.3) is 0 Å². The summed E-state index contributed by atoms with van der Waals surface area (Å²) in [6.07, 6.45) is -4.49. The van der Waals surface area contributed by atoms with Crippen molar-refractivity contribution in [1.82, 2.24) is 0 Å². The summed E-state index contributed by atoms with van der Waals surface area (Å²) < 4.78 is 11.3. The van der Waals surface area contributed by atoms with E-state index in [4.69, 9.17) is 9.47 Å². The van der Waals surface area contributed by atoms with Crippen LogP contribution < -0.4 is 0 Å². The first-order chi connectivity index (χ1) is 13.1. The molecule has 1 unspecified atom stereocenters. The number of carbonyl (C=O) groups is 1. The molecule has 2 bridgehead atoms. The van der Waals surface area contributed by atoms with Crippen molar-refractivity contribution in [3.8, 4) is 0 Å². The summed E-state index contributed by atoms with van der Waals surface area (Å²) in [5.74, 6) is -2.53. The van der Waals surface area contributed by atoms with Gasteiger partial charge in [0.1, 0.15) is 5.41 Å². The van der Waals surface area contributed by atoms with E-state index < -0.39 is 64.9 Å². The maximum Gasteiger partial charge on any atom is 0.317 e. The Balaban J connectivity index is 1.76. The lowest BCUT2D eigenvalue weighted by atomic mass is 9.43. The van der Waals surface area contributed by atoms with Gasteiger partial charge in [-0.2, -0.15) is 0 Å². The lowest BCUT2D eigenvalue weighted by Gasteiger charge is -2.63. The third-order valence-electron chi connectivity index (χ3n) is 8.72. The van der Waals surface area contributed by atoms with Gasteiger partial charge in [0.25, 0.3) is 0 Å². The van der Waals surface area contributed by atoms with Crippen molar-refractivity contribution in [3.05, 3.63) is 12.2 Å². The van der Waals surface area contributed by atoms with Crippen molar-refractivity contribution in [2.45, 2.75) is 63.5 Å². The number of hydrogen-bond donors (Lipinski definition) is 5. The second kappa shape index (κ2) is 5.56. The zero-order valence-electron chi connectivity index (χ0n) is 15.8.